The van der Waals surface area contributed by atoms with Gasteiger partial charge in [-0.05, 0) is 41.5 Å². The van der Waals surface area contributed by atoms with Crippen molar-refractivity contribution in [3.63, 3.8) is 0 Å². The Balaban J connectivity index is 2.41. The van der Waals surface area contributed by atoms with Crippen LogP contribution in [0.4, 0.5) is 0 Å². The molecule has 0 heteroatoms. The van der Waals surface area contributed by atoms with Gasteiger partial charge in [0, 0.05) is 0 Å². The van der Waals surface area contributed by atoms with Crippen LogP contribution in [-0.4, -0.2) is 0 Å². The van der Waals surface area contributed by atoms with Gasteiger partial charge in [-0.1, -0.05) is 50.3 Å². The summed E-state index contributed by atoms with van der Waals surface area (Å²) < 4.78 is 0. The Kier molecular flexibility index (Phi) is 2.77. The van der Waals surface area contributed by atoms with E-state index in [2.05, 4.69) is 57.2 Å². The number of hydrogen-bond donors (Lipinski definition) is 0. The van der Waals surface area contributed by atoms with Gasteiger partial charge < -0.3 is 0 Å². The van der Waals surface area contributed by atoms with E-state index in [-0.39, 0.29) is 0 Å². The Hall–Kier alpha value is -1.30. The molecule has 1 aromatic rings. The van der Waals surface area contributed by atoms with Gasteiger partial charge in [0.15, 0.2) is 0 Å². The third kappa shape index (κ3) is 1.90. The Morgan fingerprint density at radius 2 is 1.80 bits per heavy atom. The molecule has 0 bridgehead atoms. The van der Waals surface area contributed by atoms with Crippen molar-refractivity contribution in [1.29, 1.82) is 0 Å². The first-order valence-electron chi connectivity index (χ1n) is 5.66. The van der Waals surface area contributed by atoms with Gasteiger partial charge in [0.25, 0.3) is 0 Å². The Bertz CT molecular complexity index is 419. The molecule has 2 rings (SSSR count). The highest BCUT2D eigenvalue weighted by Gasteiger charge is 2.15. The first kappa shape index (κ1) is 10.2. The highest BCUT2D eigenvalue weighted by molar-refractivity contribution is 5.83. The molecule has 0 spiro atoms. The molecule has 0 heterocycles. The molecular weight excluding hydrogens is 180 g/mol. The van der Waals surface area contributed by atoms with Crippen molar-refractivity contribution in [2.45, 2.75) is 27.2 Å². The van der Waals surface area contributed by atoms with E-state index in [9.17, 15) is 0 Å². The van der Waals surface area contributed by atoms with Crippen LogP contribution in [0.3, 0.4) is 0 Å². The van der Waals surface area contributed by atoms with E-state index in [4.69, 9.17) is 0 Å². The lowest BCUT2D eigenvalue weighted by Crippen LogP contribution is -1.96. The van der Waals surface area contributed by atoms with Crippen LogP contribution >= 0.6 is 0 Å². The molecule has 0 unspecified atom stereocenters. The minimum atomic E-state index is 0.623. The average Bonchev–Trinajstić information content (AvgIpc) is 2.67. The van der Waals surface area contributed by atoms with E-state index in [1.807, 2.05) is 0 Å². The average molecular weight is 198 g/mol. The molecule has 0 atom stereocenters. The van der Waals surface area contributed by atoms with Crippen LogP contribution in [0.5, 0.6) is 0 Å². The van der Waals surface area contributed by atoms with Crippen molar-refractivity contribution in [3.8, 4) is 0 Å². The van der Waals surface area contributed by atoms with Crippen molar-refractivity contribution in [2.24, 2.45) is 5.92 Å². The number of aryl methyl sites for hydroxylation is 1. The van der Waals surface area contributed by atoms with Crippen LogP contribution in [0.1, 0.15) is 31.4 Å². The van der Waals surface area contributed by atoms with Crippen molar-refractivity contribution in [2.75, 3.05) is 0 Å². The molecule has 1 aliphatic carbocycles. The zero-order chi connectivity index (χ0) is 10.8. The highest BCUT2D eigenvalue weighted by atomic mass is 14.2. The molecule has 1 aromatic carbocycles. The Morgan fingerprint density at radius 1 is 1.07 bits per heavy atom. The highest BCUT2D eigenvalue weighted by Crippen LogP contribution is 2.34. The molecule has 15 heavy (non-hydrogen) atoms. The fourth-order valence-corrected chi connectivity index (χ4v) is 2.22. The lowest BCUT2D eigenvalue weighted by atomic mass is 9.91. The molecule has 78 valence electrons. The lowest BCUT2D eigenvalue weighted by Gasteiger charge is -2.14. The zero-order valence-corrected chi connectivity index (χ0v) is 9.75. The van der Waals surface area contributed by atoms with Gasteiger partial charge in [0.1, 0.15) is 0 Å². The second kappa shape index (κ2) is 4.06. The summed E-state index contributed by atoms with van der Waals surface area (Å²) in [6, 6.07) is 8.64. The van der Waals surface area contributed by atoms with Gasteiger partial charge in [-0.25, -0.2) is 0 Å². The second-order valence-electron chi connectivity index (χ2n) is 4.48. The molecular formula is C15H18. The third-order valence-electron chi connectivity index (χ3n) is 3.03. The van der Waals surface area contributed by atoms with Crippen LogP contribution in [0, 0.1) is 12.8 Å². The Labute approximate surface area is 92.3 Å². The van der Waals surface area contributed by atoms with Crippen molar-refractivity contribution in [3.05, 3.63) is 53.1 Å². The number of rotatable bonds is 2. The van der Waals surface area contributed by atoms with E-state index >= 15 is 0 Å². The summed E-state index contributed by atoms with van der Waals surface area (Å²) in [6.07, 6.45) is 5.79. The largest absolute Gasteiger partial charge is 0.0766 e. The molecule has 0 amide bonds. The molecule has 0 aromatic heterocycles. The van der Waals surface area contributed by atoms with Crippen LogP contribution in [0.15, 0.2) is 42.0 Å². The first-order chi connectivity index (χ1) is 7.20. The molecule has 0 aliphatic heterocycles. The first-order valence-corrected chi connectivity index (χ1v) is 5.66. The smallest absolute Gasteiger partial charge is 0.0154 e. The van der Waals surface area contributed by atoms with Crippen molar-refractivity contribution >= 4 is 5.57 Å². The number of hydrogen-bond acceptors (Lipinski definition) is 0. The monoisotopic (exact) mass is 198 g/mol. The zero-order valence-electron chi connectivity index (χ0n) is 9.75. The van der Waals surface area contributed by atoms with Crippen LogP contribution in [0.2, 0.25) is 0 Å². The summed E-state index contributed by atoms with van der Waals surface area (Å²) in [6.45, 7) is 6.72. The molecule has 0 saturated heterocycles. The van der Waals surface area contributed by atoms with Crippen LogP contribution in [-0.2, 0) is 0 Å². The topological polar surface area (TPSA) is 0 Å². The predicted molar refractivity (Wildman–Crippen MR) is 66.7 cm³/mol. The van der Waals surface area contributed by atoms with Gasteiger partial charge in [-0.2, -0.15) is 0 Å². The summed E-state index contributed by atoms with van der Waals surface area (Å²) >= 11 is 0. The maximum Gasteiger partial charge on any atom is -0.0154 e. The number of benzene rings is 1. The van der Waals surface area contributed by atoms with E-state index < -0.39 is 0 Å². The van der Waals surface area contributed by atoms with Gasteiger partial charge in [-0.15, -0.1) is 0 Å². The van der Waals surface area contributed by atoms with Gasteiger partial charge in [-0.3, -0.25) is 0 Å². The molecule has 0 fully saturated rings. The fourth-order valence-electron chi connectivity index (χ4n) is 2.22. The summed E-state index contributed by atoms with van der Waals surface area (Å²) in [7, 11) is 0. The third-order valence-corrected chi connectivity index (χ3v) is 3.03. The van der Waals surface area contributed by atoms with Gasteiger partial charge in [0.05, 0.1) is 0 Å². The van der Waals surface area contributed by atoms with Crippen molar-refractivity contribution < 1.29 is 0 Å². The predicted octanol–water partition coefficient (Wildman–Crippen LogP) is 4.36. The molecule has 0 saturated carbocycles. The summed E-state index contributed by atoms with van der Waals surface area (Å²) in [5, 5.41) is 0. The van der Waals surface area contributed by atoms with Crippen LogP contribution in [0.25, 0.3) is 5.57 Å². The lowest BCUT2D eigenvalue weighted by molar-refractivity contribution is 0.797. The summed E-state index contributed by atoms with van der Waals surface area (Å²) in [4.78, 5) is 0. The van der Waals surface area contributed by atoms with Crippen LogP contribution < -0.4 is 0 Å². The standard InChI is InChI=1S/C15H18/c1-11(2)13-9-6-10-15(13)14-8-5-4-7-12(14)3/h4-5,7-11H,6H2,1-3H3. The van der Waals surface area contributed by atoms with Gasteiger partial charge in [0.2, 0.25) is 0 Å². The van der Waals surface area contributed by atoms with E-state index in [0.29, 0.717) is 5.92 Å². The quantitative estimate of drug-likeness (QED) is 0.662. The maximum absolute atomic E-state index is 2.35. The second-order valence-corrected chi connectivity index (χ2v) is 4.48. The minimum Gasteiger partial charge on any atom is -0.0766 e. The van der Waals surface area contributed by atoms with E-state index in [1.54, 1.807) is 0 Å². The fraction of sp³-hybridized carbons (Fsp3) is 0.333. The SMILES string of the molecule is Cc1ccccc1C1=CCC=C1C(C)C. The molecule has 0 N–H and O–H groups in total. The molecule has 1 aliphatic rings. The van der Waals surface area contributed by atoms with Crippen molar-refractivity contribution in [1.82, 2.24) is 0 Å². The maximum atomic E-state index is 2.35. The summed E-state index contributed by atoms with van der Waals surface area (Å²) in [5.74, 6) is 0.623. The number of allylic oxidation sites excluding steroid dienone is 4. The molecule has 0 radical (unpaired) electrons. The summed E-state index contributed by atoms with van der Waals surface area (Å²) in [5.41, 5.74) is 5.72. The van der Waals surface area contributed by atoms with Gasteiger partial charge >= 0.3 is 0 Å². The Morgan fingerprint density at radius 3 is 2.47 bits per heavy atom. The van der Waals surface area contributed by atoms with E-state index in [1.165, 1.54) is 22.3 Å². The minimum absolute atomic E-state index is 0.623. The van der Waals surface area contributed by atoms with E-state index in [0.717, 1.165) is 6.42 Å². The normalized spacial score (nSPS) is 15.5. The molecule has 0 nitrogen and oxygen atoms in total.